The van der Waals surface area contributed by atoms with Gasteiger partial charge in [0.2, 0.25) is 0 Å². The molecule has 0 saturated carbocycles. The molecule has 1 fully saturated rings. The maximum Gasteiger partial charge on any atom is 0.0220 e. The van der Waals surface area contributed by atoms with Gasteiger partial charge < -0.3 is 5.32 Å². The average molecular weight is 198 g/mol. The quantitative estimate of drug-likeness (QED) is 0.728. The minimum Gasteiger partial charge on any atom is -0.315 e. The third kappa shape index (κ3) is 2.71. The summed E-state index contributed by atoms with van der Waals surface area (Å²) in [7, 11) is 2.08. The van der Waals surface area contributed by atoms with Crippen molar-refractivity contribution in [2.45, 2.75) is 52.1 Å². The molecule has 0 aromatic carbocycles. The minimum atomic E-state index is 0.658. The number of nitrogens with zero attached hydrogens (tertiary/aromatic N) is 1. The summed E-state index contributed by atoms with van der Waals surface area (Å²) in [5, 5.41) is 3.42. The fourth-order valence-corrected chi connectivity index (χ4v) is 2.61. The van der Waals surface area contributed by atoms with Gasteiger partial charge in [-0.15, -0.1) is 0 Å². The van der Waals surface area contributed by atoms with E-state index in [0.29, 0.717) is 12.1 Å². The molecule has 0 spiro atoms. The molecule has 1 aliphatic rings. The number of likely N-dealkylation sites (N-methyl/N-ethyl adjacent to an activating group) is 1. The van der Waals surface area contributed by atoms with Crippen molar-refractivity contribution in [2.75, 3.05) is 20.1 Å². The van der Waals surface area contributed by atoms with Crippen molar-refractivity contribution in [3.8, 4) is 0 Å². The lowest BCUT2D eigenvalue weighted by molar-refractivity contribution is 0.200. The van der Waals surface area contributed by atoms with Gasteiger partial charge in [-0.1, -0.05) is 20.3 Å². The van der Waals surface area contributed by atoms with Crippen molar-refractivity contribution < 1.29 is 0 Å². The Hall–Kier alpha value is -0.0800. The summed E-state index contributed by atoms with van der Waals surface area (Å²) in [6.07, 6.45) is 3.98. The Balaban J connectivity index is 2.41. The lowest BCUT2D eigenvalue weighted by atomic mass is 10.1. The van der Waals surface area contributed by atoms with Crippen molar-refractivity contribution in [1.82, 2.24) is 10.2 Å². The highest BCUT2D eigenvalue weighted by molar-refractivity contribution is 4.84. The van der Waals surface area contributed by atoms with Crippen molar-refractivity contribution >= 4 is 0 Å². The summed E-state index contributed by atoms with van der Waals surface area (Å²) >= 11 is 0. The highest BCUT2D eigenvalue weighted by Crippen LogP contribution is 2.22. The lowest BCUT2D eigenvalue weighted by Crippen LogP contribution is -2.46. The predicted molar refractivity (Wildman–Crippen MR) is 62.6 cm³/mol. The first-order chi connectivity index (χ1) is 6.72. The van der Waals surface area contributed by atoms with Gasteiger partial charge in [0.1, 0.15) is 0 Å². The zero-order valence-electron chi connectivity index (χ0n) is 10.2. The second-order valence-corrected chi connectivity index (χ2v) is 4.60. The van der Waals surface area contributed by atoms with Gasteiger partial charge in [0.15, 0.2) is 0 Å². The van der Waals surface area contributed by atoms with Crippen molar-refractivity contribution in [1.29, 1.82) is 0 Å². The van der Waals surface area contributed by atoms with Gasteiger partial charge in [0.05, 0.1) is 0 Å². The molecule has 14 heavy (non-hydrogen) atoms. The fraction of sp³-hybridized carbons (Fsp3) is 1.00. The smallest absolute Gasteiger partial charge is 0.0220 e. The first-order valence-electron chi connectivity index (χ1n) is 6.14. The first-order valence-corrected chi connectivity index (χ1v) is 6.14. The molecular formula is C12H26N2. The number of nitrogens with one attached hydrogen (secondary N) is 1. The summed E-state index contributed by atoms with van der Waals surface area (Å²) in [4.78, 5) is 2.65. The topological polar surface area (TPSA) is 15.3 Å². The van der Waals surface area contributed by atoms with Gasteiger partial charge in [-0.25, -0.2) is 0 Å². The van der Waals surface area contributed by atoms with Crippen LogP contribution in [0.5, 0.6) is 0 Å². The second kappa shape index (κ2) is 5.72. The lowest BCUT2D eigenvalue weighted by Gasteiger charge is -2.31. The van der Waals surface area contributed by atoms with Gasteiger partial charge in [-0.3, -0.25) is 4.90 Å². The summed E-state index contributed by atoms with van der Waals surface area (Å²) in [5.41, 5.74) is 0. The number of hydrogen-bond acceptors (Lipinski definition) is 2. The molecule has 1 N–H and O–H groups in total. The van der Waals surface area contributed by atoms with E-state index in [4.69, 9.17) is 0 Å². The first kappa shape index (κ1) is 12.0. The second-order valence-electron chi connectivity index (χ2n) is 4.60. The molecule has 1 heterocycles. The molecule has 1 rings (SSSR count). The van der Waals surface area contributed by atoms with E-state index in [2.05, 4.69) is 38.0 Å². The van der Waals surface area contributed by atoms with Gasteiger partial charge >= 0.3 is 0 Å². The third-order valence-corrected chi connectivity index (χ3v) is 3.86. The van der Waals surface area contributed by atoms with E-state index in [-0.39, 0.29) is 0 Å². The van der Waals surface area contributed by atoms with Crippen LogP contribution in [-0.2, 0) is 0 Å². The van der Waals surface area contributed by atoms with Crippen LogP contribution in [0, 0.1) is 5.92 Å². The van der Waals surface area contributed by atoms with Crippen molar-refractivity contribution in [3.63, 3.8) is 0 Å². The van der Waals surface area contributed by atoms with Crippen LogP contribution < -0.4 is 5.32 Å². The Morgan fingerprint density at radius 1 is 1.43 bits per heavy atom. The van der Waals surface area contributed by atoms with Crippen LogP contribution in [0.4, 0.5) is 0 Å². The highest BCUT2D eigenvalue weighted by Gasteiger charge is 2.27. The summed E-state index contributed by atoms with van der Waals surface area (Å²) in [5.74, 6) is 0.951. The molecule has 0 aliphatic carbocycles. The average Bonchev–Trinajstić information content (AvgIpc) is 2.67. The van der Waals surface area contributed by atoms with Crippen LogP contribution >= 0.6 is 0 Å². The normalized spacial score (nSPS) is 27.9. The largest absolute Gasteiger partial charge is 0.315 e. The van der Waals surface area contributed by atoms with Gasteiger partial charge in [0.25, 0.3) is 0 Å². The maximum absolute atomic E-state index is 3.42. The molecular weight excluding hydrogens is 172 g/mol. The molecule has 1 saturated heterocycles. The van der Waals surface area contributed by atoms with E-state index in [1.165, 1.54) is 32.4 Å². The number of likely N-dealkylation sites (tertiary alicyclic amines) is 1. The zero-order chi connectivity index (χ0) is 10.6. The van der Waals surface area contributed by atoms with Crippen LogP contribution in [-0.4, -0.2) is 37.1 Å². The molecule has 2 heteroatoms. The Bertz CT molecular complexity index is 154. The summed E-state index contributed by atoms with van der Waals surface area (Å²) < 4.78 is 0. The Kier molecular flexibility index (Phi) is 4.90. The van der Waals surface area contributed by atoms with Gasteiger partial charge in [0, 0.05) is 18.6 Å². The summed E-state index contributed by atoms with van der Waals surface area (Å²) in [6, 6.07) is 1.35. The Morgan fingerprint density at radius 3 is 2.57 bits per heavy atom. The van der Waals surface area contributed by atoms with E-state index in [9.17, 15) is 0 Å². The van der Waals surface area contributed by atoms with Crippen LogP contribution in [0.1, 0.15) is 40.0 Å². The minimum absolute atomic E-state index is 0.658. The van der Waals surface area contributed by atoms with Crippen LogP contribution in [0.15, 0.2) is 0 Å². The highest BCUT2D eigenvalue weighted by atomic mass is 15.2. The molecule has 3 unspecified atom stereocenters. The number of hydrogen-bond donors (Lipinski definition) is 1. The predicted octanol–water partition coefficient (Wildman–Crippen LogP) is 2.10. The molecule has 84 valence electrons. The van der Waals surface area contributed by atoms with Gasteiger partial charge in [-0.2, -0.15) is 0 Å². The summed E-state index contributed by atoms with van der Waals surface area (Å²) in [6.45, 7) is 9.57. The van der Waals surface area contributed by atoms with E-state index < -0.39 is 0 Å². The van der Waals surface area contributed by atoms with E-state index in [1.54, 1.807) is 0 Å². The van der Waals surface area contributed by atoms with Crippen LogP contribution in [0.3, 0.4) is 0 Å². The van der Waals surface area contributed by atoms with E-state index in [0.717, 1.165) is 5.92 Å². The molecule has 0 radical (unpaired) electrons. The SMILES string of the molecule is CCC1CCN(C(C)C(CC)NC)C1. The monoisotopic (exact) mass is 198 g/mol. The van der Waals surface area contributed by atoms with Crippen LogP contribution in [0.2, 0.25) is 0 Å². The maximum atomic E-state index is 3.42. The van der Waals surface area contributed by atoms with Crippen LogP contribution in [0.25, 0.3) is 0 Å². The molecule has 0 bridgehead atoms. The molecule has 0 aromatic heterocycles. The van der Waals surface area contributed by atoms with Crippen molar-refractivity contribution in [2.24, 2.45) is 5.92 Å². The van der Waals surface area contributed by atoms with E-state index in [1.807, 2.05) is 0 Å². The number of rotatable bonds is 5. The zero-order valence-corrected chi connectivity index (χ0v) is 10.2. The fourth-order valence-electron chi connectivity index (χ4n) is 2.61. The molecule has 3 atom stereocenters. The Morgan fingerprint density at radius 2 is 2.14 bits per heavy atom. The third-order valence-electron chi connectivity index (χ3n) is 3.86. The van der Waals surface area contributed by atoms with Crippen molar-refractivity contribution in [3.05, 3.63) is 0 Å². The molecule has 2 nitrogen and oxygen atoms in total. The standard InChI is InChI=1S/C12H26N2/c1-5-11-7-8-14(9-11)10(3)12(6-2)13-4/h10-13H,5-9H2,1-4H3. The molecule has 0 amide bonds. The Labute approximate surface area is 89.1 Å². The molecule has 1 aliphatic heterocycles. The van der Waals surface area contributed by atoms with Gasteiger partial charge in [-0.05, 0) is 39.3 Å². The molecule has 0 aromatic rings. The van der Waals surface area contributed by atoms with E-state index >= 15 is 0 Å².